The Morgan fingerprint density at radius 2 is 1.60 bits per heavy atom. The van der Waals surface area contributed by atoms with E-state index in [1.807, 2.05) is 29.2 Å². The number of aryl methyl sites for hydroxylation is 4. The number of nitrogens with zero attached hydrogens (tertiary/aromatic N) is 3. The van der Waals surface area contributed by atoms with Crippen molar-refractivity contribution >= 4 is 0 Å². The van der Waals surface area contributed by atoms with Gasteiger partial charge in [-0.05, 0) is 51.0 Å². The van der Waals surface area contributed by atoms with Crippen LogP contribution < -0.4 is 0 Å². The van der Waals surface area contributed by atoms with Gasteiger partial charge in [0.15, 0.2) is 5.82 Å². The van der Waals surface area contributed by atoms with Crippen LogP contribution in [0.5, 0.6) is 0 Å². The number of benzene rings is 1. The average molecular weight is 265 g/mol. The summed E-state index contributed by atoms with van der Waals surface area (Å²) in [5, 5.41) is 4.71. The zero-order valence-electron chi connectivity index (χ0n) is 12.4. The lowest BCUT2D eigenvalue weighted by atomic mass is 10.1. The fourth-order valence-electron chi connectivity index (χ4n) is 2.82. The summed E-state index contributed by atoms with van der Waals surface area (Å²) in [4.78, 5) is 0. The van der Waals surface area contributed by atoms with Crippen molar-refractivity contribution in [2.45, 2.75) is 27.7 Å². The van der Waals surface area contributed by atoms with E-state index in [0.717, 1.165) is 5.82 Å². The Kier molecular flexibility index (Phi) is 2.97. The van der Waals surface area contributed by atoms with E-state index in [9.17, 15) is 0 Å². The van der Waals surface area contributed by atoms with Crippen LogP contribution in [0.1, 0.15) is 22.4 Å². The maximum atomic E-state index is 4.71. The third-order valence-corrected chi connectivity index (χ3v) is 3.64. The largest absolute Gasteiger partial charge is 0.304 e. The molecule has 0 aliphatic carbocycles. The molecule has 102 valence electrons. The zero-order valence-corrected chi connectivity index (χ0v) is 12.4. The molecule has 1 aromatic carbocycles. The summed E-state index contributed by atoms with van der Waals surface area (Å²) in [6.45, 7) is 8.48. The molecule has 0 radical (unpaired) electrons. The van der Waals surface area contributed by atoms with E-state index in [-0.39, 0.29) is 0 Å². The van der Waals surface area contributed by atoms with Crippen LogP contribution in [0.3, 0.4) is 0 Å². The van der Waals surface area contributed by atoms with Crippen molar-refractivity contribution in [2.75, 3.05) is 0 Å². The van der Waals surface area contributed by atoms with Crippen LogP contribution in [0.25, 0.3) is 11.5 Å². The minimum Gasteiger partial charge on any atom is -0.304 e. The number of rotatable bonds is 2. The van der Waals surface area contributed by atoms with Crippen LogP contribution in [0.2, 0.25) is 0 Å². The molecule has 0 saturated carbocycles. The maximum Gasteiger partial charge on any atom is 0.159 e. The highest BCUT2D eigenvalue weighted by Gasteiger charge is 2.09. The van der Waals surface area contributed by atoms with Gasteiger partial charge in [-0.1, -0.05) is 17.7 Å². The highest BCUT2D eigenvalue weighted by molar-refractivity contribution is 5.49. The lowest BCUT2D eigenvalue weighted by Crippen LogP contribution is -2.03. The molecule has 0 aliphatic heterocycles. The molecule has 0 aliphatic rings. The summed E-state index contributed by atoms with van der Waals surface area (Å²) < 4.78 is 4.06. The second-order valence-electron chi connectivity index (χ2n) is 5.39. The predicted octanol–water partition coefficient (Wildman–Crippen LogP) is 3.90. The molecule has 3 nitrogen and oxygen atoms in total. The van der Waals surface area contributed by atoms with E-state index in [1.54, 1.807) is 0 Å². The monoisotopic (exact) mass is 265 g/mol. The van der Waals surface area contributed by atoms with Gasteiger partial charge in [-0.3, -0.25) is 0 Å². The highest BCUT2D eigenvalue weighted by Crippen LogP contribution is 2.21. The summed E-state index contributed by atoms with van der Waals surface area (Å²) in [5.74, 6) is 0.951. The SMILES string of the molecule is Cc1cc(C)c(-n2ccc(-n3cccc3C)n2)c(C)c1. The number of hydrogen-bond acceptors (Lipinski definition) is 1. The summed E-state index contributed by atoms with van der Waals surface area (Å²) >= 11 is 0. The smallest absolute Gasteiger partial charge is 0.159 e. The third-order valence-electron chi connectivity index (χ3n) is 3.64. The minimum atomic E-state index is 0.951. The van der Waals surface area contributed by atoms with E-state index in [1.165, 1.54) is 28.1 Å². The zero-order chi connectivity index (χ0) is 14.3. The Labute approximate surface area is 119 Å². The fraction of sp³-hybridized carbons (Fsp3) is 0.235. The van der Waals surface area contributed by atoms with E-state index in [0.29, 0.717) is 0 Å². The van der Waals surface area contributed by atoms with Gasteiger partial charge in [0.1, 0.15) is 0 Å². The summed E-state index contributed by atoms with van der Waals surface area (Å²) in [5.41, 5.74) is 6.15. The third kappa shape index (κ3) is 2.05. The van der Waals surface area contributed by atoms with Crippen LogP contribution >= 0.6 is 0 Å². The first-order chi connectivity index (χ1) is 9.56. The molecule has 0 bridgehead atoms. The van der Waals surface area contributed by atoms with Crippen LogP contribution in [-0.2, 0) is 0 Å². The van der Waals surface area contributed by atoms with Gasteiger partial charge in [0, 0.05) is 24.2 Å². The Hall–Kier alpha value is -2.29. The van der Waals surface area contributed by atoms with E-state index in [4.69, 9.17) is 5.10 Å². The summed E-state index contributed by atoms with van der Waals surface area (Å²) in [6.07, 6.45) is 4.07. The first kappa shape index (κ1) is 12.7. The fourth-order valence-corrected chi connectivity index (χ4v) is 2.82. The quantitative estimate of drug-likeness (QED) is 0.689. The van der Waals surface area contributed by atoms with Gasteiger partial charge in [-0.25, -0.2) is 4.68 Å². The topological polar surface area (TPSA) is 22.8 Å². The molecule has 3 aromatic rings. The number of hydrogen-bond donors (Lipinski definition) is 0. The molecule has 0 spiro atoms. The lowest BCUT2D eigenvalue weighted by Gasteiger charge is -2.11. The molecule has 0 amide bonds. The predicted molar refractivity (Wildman–Crippen MR) is 81.8 cm³/mol. The van der Waals surface area contributed by atoms with Crippen LogP contribution in [0.15, 0.2) is 42.7 Å². The second-order valence-corrected chi connectivity index (χ2v) is 5.39. The van der Waals surface area contributed by atoms with Crippen molar-refractivity contribution in [3.05, 3.63) is 65.1 Å². The molecule has 0 unspecified atom stereocenters. The molecule has 0 atom stereocenters. The average Bonchev–Trinajstić information content (AvgIpc) is 2.96. The molecular formula is C17H19N3. The van der Waals surface area contributed by atoms with Crippen molar-refractivity contribution < 1.29 is 0 Å². The molecule has 0 N–H and O–H groups in total. The molecule has 0 fully saturated rings. The molecular weight excluding hydrogens is 246 g/mol. The van der Waals surface area contributed by atoms with Crippen molar-refractivity contribution in [3.63, 3.8) is 0 Å². The second kappa shape index (κ2) is 4.67. The first-order valence-corrected chi connectivity index (χ1v) is 6.84. The van der Waals surface area contributed by atoms with E-state index in [2.05, 4.69) is 50.5 Å². The Bertz CT molecular complexity index is 739. The van der Waals surface area contributed by atoms with E-state index >= 15 is 0 Å². The van der Waals surface area contributed by atoms with Crippen LogP contribution in [0.4, 0.5) is 0 Å². The first-order valence-electron chi connectivity index (χ1n) is 6.84. The minimum absolute atomic E-state index is 0.951. The molecule has 3 heteroatoms. The number of aromatic nitrogens is 3. The molecule has 3 rings (SSSR count). The Morgan fingerprint density at radius 1 is 0.900 bits per heavy atom. The summed E-state index contributed by atoms with van der Waals surface area (Å²) in [7, 11) is 0. The standard InChI is InChI=1S/C17H19N3/c1-12-10-13(2)17(14(3)11-12)20-9-7-16(18-20)19-8-5-6-15(19)4/h5-11H,1-4H3. The van der Waals surface area contributed by atoms with Crippen molar-refractivity contribution in [1.82, 2.24) is 14.3 Å². The van der Waals surface area contributed by atoms with Gasteiger partial charge in [0.2, 0.25) is 0 Å². The summed E-state index contributed by atoms with van der Waals surface area (Å²) in [6, 6.07) is 10.6. The Balaban J connectivity index is 2.10. The van der Waals surface area contributed by atoms with Crippen molar-refractivity contribution in [3.8, 4) is 11.5 Å². The highest BCUT2D eigenvalue weighted by atomic mass is 15.3. The van der Waals surface area contributed by atoms with Gasteiger partial charge in [0.05, 0.1) is 5.69 Å². The van der Waals surface area contributed by atoms with Crippen molar-refractivity contribution in [1.29, 1.82) is 0 Å². The molecule has 0 saturated heterocycles. The Morgan fingerprint density at radius 3 is 2.20 bits per heavy atom. The molecule has 2 heterocycles. The van der Waals surface area contributed by atoms with Gasteiger partial charge >= 0.3 is 0 Å². The van der Waals surface area contributed by atoms with Gasteiger partial charge in [0.25, 0.3) is 0 Å². The maximum absolute atomic E-state index is 4.71. The van der Waals surface area contributed by atoms with Crippen LogP contribution in [-0.4, -0.2) is 14.3 Å². The lowest BCUT2D eigenvalue weighted by molar-refractivity contribution is 0.827. The van der Waals surface area contributed by atoms with Gasteiger partial charge in [-0.15, -0.1) is 5.10 Å². The van der Waals surface area contributed by atoms with Gasteiger partial charge < -0.3 is 4.57 Å². The van der Waals surface area contributed by atoms with Crippen LogP contribution in [0, 0.1) is 27.7 Å². The normalized spacial score (nSPS) is 11.0. The van der Waals surface area contributed by atoms with E-state index < -0.39 is 0 Å². The molecule has 2 aromatic heterocycles. The molecule has 20 heavy (non-hydrogen) atoms. The van der Waals surface area contributed by atoms with Gasteiger partial charge in [-0.2, -0.15) is 0 Å². The van der Waals surface area contributed by atoms with Crippen molar-refractivity contribution in [2.24, 2.45) is 0 Å².